The van der Waals surface area contributed by atoms with Gasteiger partial charge in [-0.3, -0.25) is 4.79 Å². The van der Waals surface area contributed by atoms with Crippen LogP contribution in [0, 0.1) is 0 Å². The minimum absolute atomic E-state index is 0.125. The van der Waals surface area contributed by atoms with E-state index in [1.54, 1.807) is 0 Å². The summed E-state index contributed by atoms with van der Waals surface area (Å²) in [4.78, 5) is 12.8. The van der Waals surface area contributed by atoms with Crippen LogP contribution in [0.3, 0.4) is 0 Å². The highest BCUT2D eigenvalue weighted by Gasteiger charge is 2.44. The number of rotatable bonds is 35. The van der Waals surface area contributed by atoms with Crippen molar-refractivity contribution in [3.8, 4) is 0 Å². The van der Waals surface area contributed by atoms with Crippen molar-refractivity contribution in [3.63, 3.8) is 0 Å². The molecule has 1 rings (SSSR count). The van der Waals surface area contributed by atoms with Crippen molar-refractivity contribution in [2.24, 2.45) is 0 Å². The first kappa shape index (κ1) is 49.9. The van der Waals surface area contributed by atoms with Gasteiger partial charge in [0.05, 0.1) is 19.8 Å². The lowest BCUT2D eigenvalue weighted by Gasteiger charge is -2.39. The molecule has 6 unspecified atom stereocenters. The number of unbranched alkanes of at least 4 members (excludes halogenated alkanes) is 14. The molecule has 6 atom stereocenters. The van der Waals surface area contributed by atoms with Crippen LogP contribution in [0.15, 0.2) is 60.8 Å². The number of ether oxygens (including phenoxy) is 4. The van der Waals surface area contributed by atoms with E-state index in [0.717, 1.165) is 89.9 Å². The first-order valence-corrected chi connectivity index (χ1v) is 21.4. The zero-order valence-corrected chi connectivity index (χ0v) is 34.0. The number of aliphatic hydroxyl groups is 4. The second-order valence-electron chi connectivity index (χ2n) is 14.4. The number of aliphatic hydroxyl groups excluding tert-OH is 4. The molecule has 0 radical (unpaired) electrons. The van der Waals surface area contributed by atoms with Gasteiger partial charge >= 0.3 is 5.97 Å². The summed E-state index contributed by atoms with van der Waals surface area (Å²) >= 11 is 0. The topological polar surface area (TPSA) is 135 Å². The molecule has 312 valence electrons. The van der Waals surface area contributed by atoms with Crippen LogP contribution in [0.25, 0.3) is 0 Å². The number of esters is 1. The van der Waals surface area contributed by atoms with Gasteiger partial charge in [-0.1, -0.05) is 139 Å². The van der Waals surface area contributed by atoms with Crippen LogP contribution in [-0.4, -0.2) is 89.6 Å². The fourth-order valence-corrected chi connectivity index (χ4v) is 6.07. The van der Waals surface area contributed by atoms with Crippen LogP contribution in [0.1, 0.15) is 155 Å². The Labute approximate surface area is 328 Å². The minimum atomic E-state index is -1.54. The van der Waals surface area contributed by atoms with Crippen LogP contribution in [-0.2, 0) is 23.7 Å². The molecule has 0 amide bonds. The van der Waals surface area contributed by atoms with E-state index in [2.05, 4.69) is 74.6 Å². The Morgan fingerprint density at radius 1 is 0.611 bits per heavy atom. The van der Waals surface area contributed by atoms with Gasteiger partial charge in [0.15, 0.2) is 6.29 Å². The molecular weight excluding hydrogens is 684 g/mol. The van der Waals surface area contributed by atoms with E-state index in [0.29, 0.717) is 13.0 Å². The average molecular weight is 763 g/mol. The molecule has 1 heterocycles. The van der Waals surface area contributed by atoms with Gasteiger partial charge in [-0.25, -0.2) is 0 Å². The van der Waals surface area contributed by atoms with Crippen molar-refractivity contribution in [1.82, 2.24) is 0 Å². The van der Waals surface area contributed by atoms with E-state index >= 15 is 0 Å². The smallest absolute Gasteiger partial charge is 0.306 e. The third kappa shape index (κ3) is 27.5. The molecule has 0 aromatic heterocycles. The molecule has 0 aromatic carbocycles. The number of carbonyl (C=O) groups is 1. The standard InChI is InChI=1S/C45H78O9/c1-3-5-7-9-11-13-15-17-19-20-21-22-24-26-28-30-32-34-41(47)53-39(38-52-45-44(50)43(49)42(48)40(36-46)54-45)37-51-35-33-31-29-27-25-23-18-16-14-12-10-8-6-4-2/h5,7-8,10-11,13-14,16-17,19,39-40,42-46,48-50H,3-4,6,9,12,15,18,20-38H2,1-2H3/b7-5-,10-8-,13-11-,16-14-,19-17-. The zero-order valence-electron chi connectivity index (χ0n) is 34.0. The van der Waals surface area contributed by atoms with Gasteiger partial charge in [0.2, 0.25) is 0 Å². The number of allylic oxidation sites excluding steroid dienone is 10. The van der Waals surface area contributed by atoms with Crippen molar-refractivity contribution < 1.29 is 44.2 Å². The predicted octanol–water partition coefficient (Wildman–Crippen LogP) is 9.13. The maximum Gasteiger partial charge on any atom is 0.306 e. The van der Waals surface area contributed by atoms with Gasteiger partial charge < -0.3 is 39.4 Å². The maximum atomic E-state index is 12.8. The first-order valence-electron chi connectivity index (χ1n) is 21.4. The SMILES string of the molecule is CC/C=C\C/C=C\C/C=C\CCCCCCCCCC(=O)OC(COCCCCCCCC/C=C\C/C=C\CCC)COC1OC(CO)C(O)C(O)C1O. The molecule has 0 saturated carbocycles. The lowest BCUT2D eigenvalue weighted by Crippen LogP contribution is -2.59. The second-order valence-corrected chi connectivity index (χ2v) is 14.4. The van der Waals surface area contributed by atoms with E-state index in [9.17, 15) is 25.2 Å². The third-order valence-electron chi connectivity index (χ3n) is 9.40. The predicted molar refractivity (Wildman–Crippen MR) is 219 cm³/mol. The Kier molecular flexibility index (Phi) is 33.8. The van der Waals surface area contributed by atoms with Gasteiger partial charge in [-0.05, 0) is 70.6 Å². The molecule has 1 aliphatic heterocycles. The molecule has 4 N–H and O–H groups in total. The Bertz CT molecular complexity index is 1010. The first-order chi connectivity index (χ1) is 26.4. The average Bonchev–Trinajstić information content (AvgIpc) is 3.17. The van der Waals surface area contributed by atoms with Crippen molar-refractivity contribution >= 4 is 5.97 Å². The van der Waals surface area contributed by atoms with E-state index in [1.165, 1.54) is 44.9 Å². The highest BCUT2D eigenvalue weighted by Crippen LogP contribution is 2.22. The molecular formula is C45H78O9. The van der Waals surface area contributed by atoms with E-state index < -0.39 is 43.4 Å². The van der Waals surface area contributed by atoms with Crippen molar-refractivity contribution in [1.29, 1.82) is 0 Å². The lowest BCUT2D eigenvalue weighted by atomic mass is 9.99. The van der Waals surface area contributed by atoms with E-state index in [-0.39, 0.29) is 19.2 Å². The largest absolute Gasteiger partial charge is 0.457 e. The van der Waals surface area contributed by atoms with Gasteiger partial charge in [-0.2, -0.15) is 0 Å². The molecule has 54 heavy (non-hydrogen) atoms. The molecule has 0 spiro atoms. The number of hydrogen-bond acceptors (Lipinski definition) is 9. The highest BCUT2D eigenvalue weighted by molar-refractivity contribution is 5.69. The van der Waals surface area contributed by atoms with E-state index in [4.69, 9.17) is 18.9 Å². The summed E-state index contributed by atoms with van der Waals surface area (Å²) < 4.78 is 22.8. The van der Waals surface area contributed by atoms with Crippen LogP contribution in [0.5, 0.6) is 0 Å². The zero-order chi connectivity index (χ0) is 39.3. The lowest BCUT2D eigenvalue weighted by molar-refractivity contribution is -0.305. The summed E-state index contributed by atoms with van der Waals surface area (Å²) in [5, 5.41) is 40.1. The summed E-state index contributed by atoms with van der Waals surface area (Å²) in [5.41, 5.74) is 0. The Balaban J connectivity index is 2.30. The van der Waals surface area contributed by atoms with Crippen LogP contribution < -0.4 is 0 Å². The van der Waals surface area contributed by atoms with Crippen LogP contribution >= 0.6 is 0 Å². The van der Waals surface area contributed by atoms with E-state index in [1.807, 2.05) is 0 Å². The molecule has 9 heteroatoms. The Morgan fingerprint density at radius 3 is 1.70 bits per heavy atom. The van der Waals surface area contributed by atoms with Crippen LogP contribution in [0.2, 0.25) is 0 Å². The van der Waals surface area contributed by atoms with Gasteiger partial charge in [-0.15, -0.1) is 0 Å². The van der Waals surface area contributed by atoms with Crippen molar-refractivity contribution in [2.75, 3.05) is 26.4 Å². The minimum Gasteiger partial charge on any atom is -0.457 e. The summed E-state index contributed by atoms with van der Waals surface area (Å²) in [6.45, 7) is 4.33. The number of carbonyl (C=O) groups excluding carboxylic acids is 1. The highest BCUT2D eigenvalue weighted by atomic mass is 16.7. The maximum absolute atomic E-state index is 12.8. The monoisotopic (exact) mass is 763 g/mol. The summed E-state index contributed by atoms with van der Waals surface area (Å²) in [6.07, 6.45) is 38.1. The molecule has 0 aliphatic carbocycles. The molecule has 0 aromatic rings. The molecule has 0 bridgehead atoms. The van der Waals surface area contributed by atoms with Gasteiger partial charge in [0, 0.05) is 13.0 Å². The molecule has 9 nitrogen and oxygen atoms in total. The fraction of sp³-hybridized carbons (Fsp3) is 0.756. The Morgan fingerprint density at radius 2 is 1.13 bits per heavy atom. The molecule has 1 aliphatic rings. The molecule has 1 fully saturated rings. The van der Waals surface area contributed by atoms with Crippen molar-refractivity contribution in [3.05, 3.63) is 60.8 Å². The van der Waals surface area contributed by atoms with Gasteiger partial charge in [0.25, 0.3) is 0 Å². The van der Waals surface area contributed by atoms with Gasteiger partial charge in [0.1, 0.15) is 30.5 Å². The fourth-order valence-electron chi connectivity index (χ4n) is 6.07. The quantitative estimate of drug-likeness (QED) is 0.0283. The normalized spacial score (nSPS) is 21.5. The summed E-state index contributed by atoms with van der Waals surface area (Å²) in [6, 6.07) is 0. The second kappa shape index (κ2) is 36.5. The summed E-state index contributed by atoms with van der Waals surface area (Å²) in [5.74, 6) is -0.331. The van der Waals surface area contributed by atoms with Crippen molar-refractivity contribution in [2.45, 2.75) is 192 Å². The van der Waals surface area contributed by atoms with Crippen LogP contribution in [0.4, 0.5) is 0 Å². The third-order valence-corrected chi connectivity index (χ3v) is 9.40. The Hall–Kier alpha value is -2.11. The number of hydrogen-bond donors (Lipinski definition) is 4. The molecule has 1 saturated heterocycles. The summed E-state index contributed by atoms with van der Waals surface area (Å²) in [7, 11) is 0.